The van der Waals surface area contributed by atoms with Crippen molar-refractivity contribution >= 4 is 7.60 Å². The summed E-state index contributed by atoms with van der Waals surface area (Å²) < 4.78 is 96.3. The van der Waals surface area contributed by atoms with Crippen LogP contribution in [-0.4, -0.2) is 23.2 Å². The maximum Gasteiger partial charge on any atom is 0.459 e. The quantitative estimate of drug-likeness (QED) is 0.584. The van der Waals surface area contributed by atoms with E-state index in [1.165, 1.54) is 0 Å². The van der Waals surface area contributed by atoms with E-state index in [0.717, 1.165) is 0 Å². The largest absolute Gasteiger partial charge is 0.810 e. The minimum atomic E-state index is -6.68. The van der Waals surface area contributed by atoms with Gasteiger partial charge in [0.2, 0.25) is 0 Å². The number of rotatable bonds is 3. The molecule has 0 fully saturated rings. The molecule has 0 rings (SSSR count). The minimum absolute atomic E-state index is 0.187. The van der Waals surface area contributed by atoms with Crippen LogP contribution in [0.4, 0.5) is 30.7 Å². The van der Waals surface area contributed by atoms with Gasteiger partial charge in [-0.05, 0) is 13.8 Å². The molecule has 11 heteroatoms. The summed E-state index contributed by atoms with van der Waals surface area (Å²) in [5, 5.41) is -4.08. The van der Waals surface area contributed by atoms with Gasteiger partial charge in [0.25, 0.3) is 0 Å². The third-order valence-corrected chi connectivity index (χ3v) is 3.85. The second-order valence-electron chi connectivity index (χ2n) is 3.70. The second kappa shape index (κ2) is 3.83. The van der Waals surface area contributed by atoms with Gasteiger partial charge in [0.1, 0.15) is 0 Å². The molecule has 104 valence electrons. The molecule has 0 unspecified atom stereocenters. The van der Waals surface area contributed by atoms with E-state index in [1.807, 2.05) is 0 Å². The fraction of sp³-hybridized carbons (Fsp3) is 1.00. The van der Waals surface area contributed by atoms with Crippen LogP contribution in [-0.2, 0) is 4.57 Å². The Bertz CT molecular complexity index is 342. The number of hydrogen-bond acceptors (Lipinski definition) is 3. The normalized spacial score (nSPS) is 16.2. The van der Waals surface area contributed by atoms with Crippen molar-refractivity contribution in [2.24, 2.45) is 0 Å². The fourth-order valence-electron chi connectivity index (χ4n) is 0.734. The zero-order valence-electron chi connectivity index (χ0n) is 8.32. The van der Waals surface area contributed by atoms with Crippen LogP contribution in [0.1, 0.15) is 13.8 Å². The molecule has 0 heterocycles. The molecule has 0 radical (unpaired) electrons. The molecule has 0 saturated carbocycles. The summed E-state index contributed by atoms with van der Waals surface area (Å²) in [5.41, 5.74) is 0. The molecule has 0 spiro atoms. The van der Waals surface area contributed by atoms with Gasteiger partial charge < -0.3 is 14.4 Å². The molecular formula is C6H6F7O3P-2. The van der Waals surface area contributed by atoms with Gasteiger partial charge in [-0.2, -0.15) is 30.7 Å². The molecule has 0 aromatic rings. The number of alkyl halides is 7. The lowest BCUT2D eigenvalue weighted by Gasteiger charge is -2.50. The predicted octanol–water partition coefficient (Wildman–Crippen LogP) is 1.51. The van der Waals surface area contributed by atoms with Crippen LogP contribution in [0.15, 0.2) is 0 Å². The lowest BCUT2D eigenvalue weighted by atomic mass is 9.98. The van der Waals surface area contributed by atoms with Crippen LogP contribution in [0.2, 0.25) is 0 Å². The van der Waals surface area contributed by atoms with Gasteiger partial charge in [-0.15, -0.1) is 0 Å². The first-order valence-corrected chi connectivity index (χ1v) is 5.39. The van der Waals surface area contributed by atoms with E-state index < -0.39 is 30.8 Å². The molecule has 3 nitrogen and oxygen atoms in total. The van der Waals surface area contributed by atoms with Crippen molar-refractivity contribution in [1.29, 1.82) is 0 Å². The van der Waals surface area contributed by atoms with Gasteiger partial charge in [0, 0.05) is 0 Å². The predicted molar refractivity (Wildman–Crippen MR) is 37.6 cm³/mol. The first kappa shape index (κ1) is 16.7. The van der Waals surface area contributed by atoms with Crippen LogP contribution in [0.3, 0.4) is 0 Å². The first-order chi connectivity index (χ1) is 7.00. The highest BCUT2D eigenvalue weighted by atomic mass is 31.2. The third kappa shape index (κ3) is 2.30. The Labute approximate surface area is 90.8 Å². The number of halogens is 7. The van der Waals surface area contributed by atoms with Crippen molar-refractivity contribution in [2.45, 2.75) is 37.0 Å². The van der Waals surface area contributed by atoms with Crippen molar-refractivity contribution in [3.05, 3.63) is 0 Å². The Hall–Kier alpha value is -0.340. The number of hydrogen-bond donors (Lipinski definition) is 0. The molecule has 0 N–H and O–H groups in total. The summed E-state index contributed by atoms with van der Waals surface area (Å²) >= 11 is 0. The zero-order chi connectivity index (χ0) is 14.5. The lowest BCUT2D eigenvalue weighted by molar-refractivity contribution is -0.375. The van der Waals surface area contributed by atoms with Gasteiger partial charge in [-0.3, -0.25) is 0 Å². The molecule has 0 aliphatic rings. The average molecular weight is 290 g/mol. The van der Waals surface area contributed by atoms with Gasteiger partial charge in [0.05, 0.1) is 5.16 Å². The maximum absolute atomic E-state index is 12.9. The second-order valence-corrected chi connectivity index (χ2v) is 5.82. The fourth-order valence-corrected chi connectivity index (χ4v) is 1.22. The molecule has 0 aliphatic carbocycles. The summed E-state index contributed by atoms with van der Waals surface area (Å²) in [6.07, 6.45) is -6.68. The van der Waals surface area contributed by atoms with Crippen molar-refractivity contribution < 1.29 is 45.1 Å². The van der Waals surface area contributed by atoms with E-state index in [2.05, 4.69) is 0 Å². The van der Waals surface area contributed by atoms with E-state index in [-0.39, 0.29) is 13.8 Å². The molecule has 17 heavy (non-hydrogen) atoms. The standard InChI is InChI=1S/C6H8F7O3P/c1-3(2,17(14,15)16)4(7,8)5(9,10)6(11,12)13/h1-2H3,(H2,14,15,16)/p-2. The summed E-state index contributed by atoms with van der Waals surface area (Å²) in [5.74, 6) is -12.7. The smallest absolute Gasteiger partial charge is 0.459 e. The zero-order valence-corrected chi connectivity index (χ0v) is 9.21. The molecule has 0 aromatic heterocycles. The summed E-state index contributed by atoms with van der Waals surface area (Å²) in [7, 11) is -6.39. The summed E-state index contributed by atoms with van der Waals surface area (Å²) in [6, 6.07) is 0. The molecule has 0 atom stereocenters. The van der Waals surface area contributed by atoms with Crippen molar-refractivity contribution in [1.82, 2.24) is 0 Å². The molecule has 0 saturated heterocycles. The SMILES string of the molecule is CC(C)(C(F)(F)C(F)(F)C(F)(F)F)P(=O)([O-])[O-]. The third-order valence-electron chi connectivity index (χ3n) is 2.20. The average Bonchev–Trinajstić information content (AvgIpc) is 1.98. The van der Waals surface area contributed by atoms with E-state index >= 15 is 0 Å². The van der Waals surface area contributed by atoms with E-state index in [4.69, 9.17) is 0 Å². The van der Waals surface area contributed by atoms with Gasteiger partial charge in [0.15, 0.2) is 0 Å². The monoisotopic (exact) mass is 290 g/mol. The Balaban J connectivity index is 5.82. The van der Waals surface area contributed by atoms with E-state index in [1.54, 1.807) is 0 Å². The Morgan fingerprint density at radius 3 is 1.29 bits per heavy atom. The van der Waals surface area contributed by atoms with Gasteiger partial charge in [-0.25, -0.2) is 0 Å². The van der Waals surface area contributed by atoms with Crippen LogP contribution in [0.5, 0.6) is 0 Å². The highest BCUT2D eigenvalue weighted by molar-refractivity contribution is 7.50. The van der Waals surface area contributed by atoms with Crippen molar-refractivity contribution in [2.75, 3.05) is 0 Å². The minimum Gasteiger partial charge on any atom is -0.810 e. The maximum atomic E-state index is 12.9. The molecule has 0 aromatic carbocycles. The van der Waals surface area contributed by atoms with Crippen LogP contribution in [0, 0.1) is 0 Å². The Kier molecular flexibility index (Phi) is 3.75. The summed E-state index contributed by atoms with van der Waals surface area (Å²) in [6.45, 7) is -0.374. The van der Waals surface area contributed by atoms with Crippen molar-refractivity contribution in [3.63, 3.8) is 0 Å². The lowest BCUT2D eigenvalue weighted by Crippen LogP contribution is -2.63. The van der Waals surface area contributed by atoms with E-state index in [9.17, 15) is 45.1 Å². The highest BCUT2D eigenvalue weighted by Gasteiger charge is 2.77. The first-order valence-electron chi connectivity index (χ1n) is 3.84. The molecule has 0 aliphatic heterocycles. The molecule has 0 amide bonds. The van der Waals surface area contributed by atoms with Gasteiger partial charge >= 0.3 is 18.0 Å². The topological polar surface area (TPSA) is 63.2 Å². The molecule has 0 bridgehead atoms. The summed E-state index contributed by atoms with van der Waals surface area (Å²) in [4.78, 5) is 20.7. The Morgan fingerprint density at radius 1 is 0.824 bits per heavy atom. The van der Waals surface area contributed by atoms with Crippen molar-refractivity contribution in [3.8, 4) is 0 Å². The van der Waals surface area contributed by atoms with Crippen LogP contribution < -0.4 is 9.79 Å². The highest BCUT2D eigenvalue weighted by Crippen LogP contribution is 2.60. The van der Waals surface area contributed by atoms with Crippen LogP contribution in [0.25, 0.3) is 0 Å². The van der Waals surface area contributed by atoms with E-state index in [0.29, 0.717) is 0 Å². The molecular weight excluding hydrogens is 284 g/mol. The van der Waals surface area contributed by atoms with Gasteiger partial charge in [-0.1, -0.05) is 7.60 Å². The Morgan fingerprint density at radius 2 is 1.12 bits per heavy atom. The van der Waals surface area contributed by atoms with Crippen LogP contribution >= 0.6 is 7.60 Å².